The molecule has 0 saturated heterocycles. The molecule has 1 aromatic heterocycles. The monoisotopic (exact) mass is 213 g/mol. The van der Waals surface area contributed by atoms with Crippen molar-refractivity contribution in [2.75, 3.05) is 0 Å². The van der Waals surface area contributed by atoms with Gasteiger partial charge in [0.1, 0.15) is 5.15 Å². The quantitative estimate of drug-likeness (QED) is 0.819. The molecular formula is C10H16ClN3. The number of aromatic nitrogens is 2. The number of nitrogens with two attached hydrogens (primary N) is 1. The first kappa shape index (κ1) is 9.99. The molecule has 0 amide bonds. The van der Waals surface area contributed by atoms with Crippen molar-refractivity contribution < 1.29 is 0 Å². The lowest BCUT2D eigenvalue weighted by Crippen LogP contribution is -2.33. The highest BCUT2D eigenvalue weighted by Crippen LogP contribution is 2.39. The summed E-state index contributed by atoms with van der Waals surface area (Å²) in [6.45, 7) is 2.83. The van der Waals surface area contributed by atoms with Crippen molar-refractivity contribution in [2.45, 2.75) is 44.7 Å². The van der Waals surface area contributed by atoms with Crippen LogP contribution in [0.25, 0.3) is 0 Å². The van der Waals surface area contributed by atoms with E-state index < -0.39 is 0 Å². The van der Waals surface area contributed by atoms with Gasteiger partial charge in [0.05, 0.1) is 6.20 Å². The van der Waals surface area contributed by atoms with E-state index in [0.29, 0.717) is 0 Å². The van der Waals surface area contributed by atoms with Crippen LogP contribution in [0.2, 0.25) is 5.15 Å². The zero-order valence-electron chi connectivity index (χ0n) is 8.46. The van der Waals surface area contributed by atoms with Crippen molar-refractivity contribution in [3.8, 4) is 0 Å². The van der Waals surface area contributed by atoms with Gasteiger partial charge in [0.15, 0.2) is 0 Å². The number of halogens is 1. The normalized spacial score (nSPS) is 20.2. The fourth-order valence-corrected chi connectivity index (χ4v) is 2.60. The number of hydrogen-bond acceptors (Lipinski definition) is 2. The van der Waals surface area contributed by atoms with Crippen LogP contribution in [0, 0.1) is 0 Å². The summed E-state index contributed by atoms with van der Waals surface area (Å²) in [5.41, 5.74) is 7.12. The van der Waals surface area contributed by atoms with Crippen molar-refractivity contribution >= 4 is 11.6 Å². The number of nitrogens with zero attached hydrogens (tertiary/aromatic N) is 2. The highest BCUT2D eigenvalue weighted by Gasteiger charge is 2.34. The van der Waals surface area contributed by atoms with Crippen molar-refractivity contribution in [3.63, 3.8) is 0 Å². The lowest BCUT2D eigenvalue weighted by atomic mass is 9.92. The van der Waals surface area contributed by atoms with Gasteiger partial charge in [-0.15, -0.1) is 0 Å². The average molecular weight is 214 g/mol. The Bertz CT molecular complexity index is 326. The minimum Gasteiger partial charge on any atom is -0.321 e. The summed E-state index contributed by atoms with van der Waals surface area (Å²) < 4.78 is 1.80. The van der Waals surface area contributed by atoms with E-state index in [4.69, 9.17) is 17.3 Å². The van der Waals surface area contributed by atoms with Crippen LogP contribution < -0.4 is 5.73 Å². The van der Waals surface area contributed by atoms with Crippen molar-refractivity contribution in [1.29, 1.82) is 0 Å². The van der Waals surface area contributed by atoms with E-state index in [1.54, 1.807) is 4.68 Å². The fraction of sp³-hybridized carbons (Fsp3) is 0.700. The van der Waals surface area contributed by atoms with Gasteiger partial charge < -0.3 is 5.73 Å². The maximum Gasteiger partial charge on any atom is 0.132 e. The van der Waals surface area contributed by atoms with Crippen LogP contribution >= 0.6 is 11.6 Å². The predicted molar refractivity (Wildman–Crippen MR) is 57.2 cm³/mol. The molecule has 1 fully saturated rings. The Morgan fingerprint density at radius 2 is 2.21 bits per heavy atom. The Morgan fingerprint density at radius 1 is 1.57 bits per heavy atom. The summed E-state index contributed by atoms with van der Waals surface area (Å²) in [4.78, 5) is 0. The second-order valence-corrected chi connectivity index (χ2v) is 4.39. The van der Waals surface area contributed by atoms with Crippen LogP contribution in [0.3, 0.4) is 0 Å². The van der Waals surface area contributed by atoms with E-state index in [1.807, 2.05) is 13.1 Å². The van der Waals surface area contributed by atoms with Crippen LogP contribution in [-0.4, -0.2) is 9.78 Å². The zero-order valence-corrected chi connectivity index (χ0v) is 9.22. The molecule has 3 nitrogen and oxygen atoms in total. The van der Waals surface area contributed by atoms with Gasteiger partial charge in [-0.25, -0.2) is 0 Å². The van der Waals surface area contributed by atoms with E-state index in [2.05, 4.69) is 5.10 Å². The molecule has 1 heterocycles. The second-order valence-electron chi connectivity index (χ2n) is 4.03. The standard InChI is InChI=1S/C10H16ClN3/c1-2-14-9(11)8(7-13-14)10(12)5-3-4-6-10/h7H,2-6,12H2,1H3. The summed E-state index contributed by atoms with van der Waals surface area (Å²) in [7, 11) is 0. The van der Waals surface area contributed by atoms with Gasteiger partial charge in [-0.2, -0.15) is 5.10 Å². The van der Waals surface area contributed by atoms with Crippen molar-refractivity contribution in [3.05, 3.63) is 16.9 Å². The molecular weight excluding hydrogens is 198 g/mol. The van der Waals surface area contributed by atoms with Gasteiger partial charge in [-0.05, 0) is 19.8 Å². The maximum absolute atomic E-state index is 6.31. The Labute approximate surface area is 89.2 Å². The Balaban J connectivity index is 2.35. The number of rotatable bonds is 2. The van der Waals surface area contributed by atoms with Gasteiger partial charge in [0.2, 0.25) is 0 Å². The molecule has 78 valence electrons. The Hall–Kier alpha value is -0.540. The average Bonchev–Trinajstić information content (AvgIpc) is 2.73. The van der Waals surface area contributed by atoms with Gasteiger partial charge in [-0.3, -0.25) is 4.68 Å². The highest BCUT2D eigenvalue weighted by molar-refractivity contribution is 6.30. The summed E-state index contributed by atoms with van der Waals surface area (Å²) in [6, 6.07) is 0. The molecule has 1 aliphatic rings. The minimum atomic E-state index is -0.218. The summed E-state index contributed by atoms with van der Waals surface area (Å²) in [5.74, 6) is 0. The largest absolute Gasteiger partial charge is 0.321 e. The number of aryl methyl sites for hydroxylation is 1. The predicted octanol–water partition coefficient (Wildman–Crippen LogP) is 2.28. The van der Waals surface area contributed by atoms with E-state index in [0.717, 1.165) is 30.1 Å². The minimum absolute atomic E-state index is 0.218. The Morgan fingerprint density at radius 3 is 2.71 bits per heavy atom. The molecule has 2 N–H and O–H groups in total. The lowest BCUT2D eigenvalue weighted by molar-refractivity contribution is 0.461. The smallest absolute Gasteiger partial charge is 0.132 e. The van der Waals surface area contributed by atoms with Crippen LogP contribution in [0.5, 0.6) is 0 Å². The van der Waals surface area contributed by atoms with Crippen LogP contribution in [0.4, 0.5) is 0 Å². The molecule has 0 atom stereocenters. The molecule has 14 heavy (non-hydrogen) atoms. The molecule has 2 rings (SSSR count). The molecule has 0 unspecified atom stereocenters. The topological polar surface area (TPSA) is 43.8 Å². The first-order valence-corrected chi connectivity index (χ1v) is 5.56. The van der Waals surface area contributed by atoms with Crippen molar-refractivity contribution in [2.24, 2.45) is 5.73 Å². The first-order chi connectivity index (χ1) is 6.67. The first-order valence-electron chi connectivity index (χ1n) is 5.18. The Kier molecular flexibility index (Phi) is 2.54. The molecule has 1 aromatic rings. The SMILES string of the molecule is CCn1ncc(C2(N)CCCC2)c1Cl. The molecule has 0 bridgehead atoms. The van der Waals surface area contributed by atoms with E-state index in [1.165, 1.54) is 12.8 Å². The molecule has 1 saturated carbocycles. The van der Waals surface area contributed by atoms with E-state index in [-0.39, 0.29) is 5.54 Å². The molecule has 0 radical (unpaired) electrons. The molecule has 1 aliphatic carbocycles. The lowest BCUT2D eigenvalue weighted by Gasteiger charge is -2.22. The molecule has 4 heteroatoms. The van der Waals surface area contributed by atoms with Gasteiger partial charge >= 0.3 is 0 Å². The number of hydrogen-bond donors (Lipinski definition) is 1. The van der Waals surface area contributed by atoms with Crippen LogP contribution in [-0.2, 0) is 12.1 Å². The third-order valence-electron chi connectivity index (χ3n) is 3.11. The summed E-state index contributed by atoms with van der Waals surface area (Å²) >= 11 is 6.21. The third-order valence-corrected chi connectivity index (χ3v) is 3.51. The van der Waals surface area contributed by atoms with Gasteiger partial charge in [0.25, 0.3) is 0 Å². The van der Waals surface area contributed by atoms with E-state index in [9.17, 15) is 0 Å². The van der Waals surface area contributed by atoms with Crippen LogP contribution in [0.1, 0.15) is 38.2 Å². The van der Waals surface area contributed by atoms with Gasteiger partial charge in [0, 0.05) is 17.6 Å². The summed E-state index contributed by atoms with van der Waals surface area (Å²) in [5, 5.41) is 4.95. The highest BCUT2D eigenvalue weighted by atomic mass is 35.5. The third kappa shape index (κ3) is 1.44. The second kappa shape index (κ2) is 3.55. The zero-order chi connectivity index (χ0) is 10.2. The van der Waals surface area contributed by atoms with Gasteiger partial charge in [-0.1, -0.05) is 24.4 Å². The fourth-order valence-electron chi connectivity index (χ4n) is 2.20. The molecule has 0 aliphatic heterocycles. The van der Waals surface area contributed by atoms with E-state index >= 15 is 0 Å². The maximum atomic E-state index is 6.31. The van der Waals surface area contributed by atoms with Crippen molar-refractivity contribution in [1.82, 2.24) is 9.78 Å². The molecule has 0 spiro atoms. The summed E-state index contributed by atoms with van der Waals surface area (Å²) in [6.07, 6.45) is 6.29. The molecule has 0 aromatic carbocycles. The van der Waals surface area contributed by atoms with Crippen LogP contribution in [0.15, 0.2) is 6.20 Å².